The summed E-state index contributed by atoms with van der Waals surface area (Å²) < 4.78 is -2.15. The molecule has 0 bridgehead atoms. The number of rotatable bonds is 1. The van der Waals surface area contributed by atoms with E-state index in [0.29, 0.717) is 0 Å². The van der Waals surface area contributed by atoms with Crippen molar-refractivity contribution in [1.82, 2.24) is 4.90 Å². The first-order chi connectivity index (χ1) is 8.80. The molecule has 0 fully saturated rings. The van der Waals surface area contributed by atoms with E-state index in [0.717, 1.165) is 16.0 Å². The van der Waals surface area contributed by atoms with Gasteiger partial charge in [0.1, 0.15) is 6.04 Å². The van der Waals surface area contributed by atoms with Crippen LogP contribution in [-0.4, -0.2) is 31.7 Å². The molecule has 1 N–H and O–H groups in total. The zero-order valence-corrected chi connectivity index (χ0v) is 11.9. The van der Waals surface area contributed by atoms with Crippen LogP contribution in [-0.2, 0) is 22.6 Å². The molecule has 0 saturated carbocycles. The van der Waals surface area contributed by atoms with Gasteiger partial charge in [-0.05, 0) is 11.1 Å². The van der Waals surface area contributed by atoms with Gasteiger partial charge in [0.25, 0.3) is 9.70 Å². The van der Waals surface area contributed by atoms with Gasteiger partial charge in [-0.2, -0.15) is 0 Å². The molecule has 2 rings (SSSR count). The predicted molar refractivity (Wildman–Crippen MR) is 72.4 cm³/mol. The molecule has 1 atom stereocenters. The Morgan fingerprint density at radius 2 is 1.79 bits per heavy atom. The van der Waals surface area contributed by atoms with E-state index in [1.807, 2.05) is 24.3 Å². The summed E-state index contributed by atoms with van der Waals surface area (Å²) >= 11 is 16.7. The highest BCUT2D eigenvalue weighted by Gasteiger charge is 2.42. The largest absolute Gasteiger partial charge is 0.480 e. The van der Waals surface area contributed by atoms with Gasteiger partial charge in [0.05, 0.1) is 0 Å². The van der Waals surface area contributed by atoms with E-state index < -0.39 is 21.7 Å². The quantitative estimate of drug-likeness (QED) is 0.808. The van der Waals surface area contributed by atoms with Crippen LogP contribution in [0.2, 0.25) is 0 Å². The first-order valence-corrected chi connectivity index (χ1v) is 6.61. The molecule has 102 valence electrons. The number of carbonyl (C=O) groups is 2. The maximum Gasteiger partial charge on any atom is 0.326 e. The first-order valence-electron chi connectivity index (χ1n) is 5.48. The molecule has 1 unspecified atom stereocenters. The monoisotopic (exact) mass is 321 g/mol. The molecule has 1 heterocycles. The number of carboxylic acid groups (broad SMARTS) is 1. The van der Waals surface area contributed by atoms with Crippen molar-refractivity contribution in [2.24, 2.45) is 0 Å². The summed E-state index contributed by atoms with van der Waals surface area (Å²) in [7, 11) is 0. The van der Waals surface area contributed by atoms with Crippen LogP contribution in [0.1, 0.15) is 11.1 Å². The number of halogens is 3. The number of hydrogen-bond donors (Lipinski definition) is 1. The summed E-state index contributed by atoms with van der Waals surface area (Å²) in [5.74, 6) is -1.93. The van der Waals surface area contributed by atoms with Crippen LogP contribution in [0.4, 0.5) is 0 Å². The van der Waals surface area contributed by atoms with E-state index in [4.69, 9.17) is 34.8 Å². The third-order valence-electron chi connectivity index (χ3n) is 3.04. The van der Waals surface area contributed by atoms with Crippen LogP contribution in [0, 0.1) is 0 Å². The van der Waals surface area contributed by atoms with Gasteiger partial charge in [-0.15, -0.1) is 0 Å². The van der Waals surface area contributed by atoms with Gasteiger partial charge < -0.3 is 10.0 Å². The van der Waals surface area contributed by atoms with Crippen molar-refractivity contribution in [2.45, 2.75) is 22.8 Å². The number of aliphatic carboxylic acids is 1. The summed E-state index contributed by atoms with van der Waals surface area (Å²) in [6, 6.07) is 6.29. The maximum absolute atomic E-state index is 12.0. The summed E-state index contributed by atoms with van der Waals surface area (Å²) in [5, 5.41) is 9.23. The molecule has 19 heavy (non-hydrogen) atoms. The highest BCUT2D eigenvalue weighted by molar-refractivity contribution is 6.76. The van der Waals surface area contributed by atoms with Crippen molar-refractivity contribution in [3.63, 3.8) is 0 Å². The van der Waals surface area contributed by atoms with E-state index in [-0.39, 0.29) is 13.0 Å². The highest BCUT2D eigenvalue weighted by atomic mass is 35.6. The molecule has 1 aliphatic rings. The summed E-state index contributed by atoms with van der Waals surface area (Å²) in [6.07, 6.45) is 0.206. The van der Waals surface area contributed by atoms with Crippen molar-refractivity contribution in [3.05, 3.63) is 35.4 Å². The van der Waals surface area contributed by atoms with Gasteiger partial charge in [-0.1, -0.05) is 59.1 Å². The zero-order chi connectivity index (χ0) is 14.2. The average molecular weight is 323 g/mol. The Balaban J connectivity index is 2.37. The first kappa shape index (κ1) is 14.4. The second kappa shape index (κ2) is 5.19. The summed E-state index contributed by atoms with van der Waals surface area (Å²) in [6.45, 7) is 0.125. The van der Waals surface area contributed by atoms with Crippen LogP contribution < -0.4 is 0 Å². The Hall–Kier alpha value is -0.970. The minimum atomic E-state index is -2.15. The number of carboxylic acids is 1. The highest BCUT2D eigenvalue weighted by Crippen LogP contribution is 2.33. The topological polar surface area (TPSA) is 57.6 Å². The molecule has 1 aliphatic heterocycles. The molecule has 4 nitrogen and oxygen atoms in total. The SMILES string of the molecule is O=C(O)C1Cc2ccccc2CN1C(=O)C(Cl)(Cl)Cl. The lowest BCUT2D eigenvalue weighted by Crippen LogP contribution is -2.52. The molecular weight excluding hydrogens is 312 g/mol. The molecule has 1 aromatic rings. The second-order valence-electron chi connectivity index (χ2n) is 4.26. The number of benzene rings is 1. The van der Waals surface area contributed by atoms with Crippen molar-refractivity contribution in [3.8, 4) is 0 Å². The van der Waals surface area contributed by atoms with Crippen molar-refractivity contribution >= 4 is 46.7 Å². The van der Waals surface area contributed by atoms with Gasteiger partial charge >= 0.3 is 5.97 Å². The predicted octanol–water partition coefficient (Wildman–Crippen LogP) is 2.39. The van der Waals surface area contributed by atoms with E-state index in [1.165, 1.54) is 0 Å². The van der Waals surface area contributed by atoms with E-state index in [9.17, 15) is 14.7 Å². The number of alkyl halides is 3. The van der Waals surface area contributed by atoms with Crippen LogP contribution in [0.3, 0.4) is 0 Å². The van der Waals surface area contributed by atoms with Gasteiger partial charge in [-0.3, -0.25) is 4.79 Å². The fourth-order valence-corrected chi connectivity index (χ4v) is 2.45. The van der Waals surface area contributed by atoms with Gasteiger partial charge in [0.15, 0.2) is 0 Å². The van der Waals surface area contributed by atoms with E-state index >= 15 is 0 Å². The molecule has 0 radical (unpaired) electrons. The summed E-state index contributed by atoms with van der Waals surface area (Å²) in [5.41, 5.74) is 1.76. The van der Waals surface area contributed by atoms with Gasteiger partial charge in [-0.25, -0.2) is 4.79 Å². The Morgan fingerprint density at radius 1 is 1.21 bits per heavy atom. The van der Waals surface area contributed by atoms with E-state index in [1.54, 1.807) is 0 Å². The minimum absolute atomic E-state index is 0.125. The zero-order valence-electron chi connectivity index (χ0n) is 9.65. The fraction of sp³-hybridized carbons (Fsp3) is 0.333. The molecule has 0 aromatic heterocycles. The van der Waals surface area contributed by atoms with Gasteiger partial charge in [0, 0.05) is 13.0 Å². The third-order valence-corrected chi connectivity index (χ3v) is 3.52. The van der Waals surface area contributed by atoms with Crippen LogP contribution in [0.5, 0.6) is 0 Å². The van der Waals surface area contributed by atoms with Crippen molar-refractivity contribution in [1.29, 1.82) is 0 Å². The van der Waals surface area contributed by atoms with Crippen molar-refractivity contribution < 1.29 is 14.7 Å². The molecule has 1 aromatic carbocycles. The van der Waals surface area contributed by atoms with Crippen LogP contribution in [0.25, 0.3) is 0 Å². The lowest BCUT2D eigenvalue weighted by atomic mass is 9.94. The molecular formula is C12H10Cl3NO3. The Kier molecular flexibility index (Phi) is 3.95. The standard InChI is InChI=1S/C12H10Cl3NO3/c13-12(14,15)11(19)16-6-8-4-2-1-3-7(8)5-9(16)10(17)18/h1-4,9H,5-6H2,(H,17,18). The number of fused-ring (bicyclic) bond motifs is 1. The summed E-state index contributed by atoms with van der Waals surface area (Å²) in [4.78, 5) is 24.4. The Morgan fingerprint density at radius 3 is 2.32 bits per heavy atom. The molecule has 1 amide bonds. The molecule has 0 aliphatic carbocycles. The van der Waals surface area contributed by atoms with Crippen LogP contribution >= 0.6 is 34.8 Å². The number of nitrogens with zero attached hydrogens (tertiary/aromatic N) is 1. The number of amides is 1. The average Bonchev–Trinajstić information content (AvgIpc) is 2.35. The lowest BCUT2D eigenvalue weighted by Gasteiger charge is -2.35. The molecule has 0 spiro atoms. The Bertz CT molecular complexity index is 527. The minimum Gasteiger partial charge on any atom is -0.480 e. The smallest absolute Gasteiger partial charge is 0.326 e. The number of carbonyl (C=O) groups excluding carboxylic acids is 1. The van der Waals surface area contributed by atoms with E-state index in [2.05, 4.69) is 0 Å². The number of hydrogen-bond acceptors (Lipinski definition) is 2. The Labute approximate surface area is 124 Å². The molecule has 0 saturated heterocycles. The normalized spacial score (nSPS) is 18.9. The lowest BCUT2D eigenvalue weighted by molar-refractivity contribution is -0.151. The second-order valence-corrected chi connectivity index (χ2v) is 6.54. The van der Waals surface area contributed by atoms with Crippen molar-refractivity contribution in [2.75, 3.05) is 0 Å². The fourth-order valence-electron chi connectivity index (χ4n) is 2.12. The van der Waals surface area contributed by atoms with Crippen LogP contribution in [0.15, 0.2) is 24.3 Å². The third kappa shape index (κ3) is 2.96. The van der Waals surface area contributed by atoms with Gasteiger partial charge in [0.2, 0.25) is 0 Å². The maximum atomic E-state index is 12.0. The molecule has 7 heteroatoms.